The van der Waals surface area contributed by atoms with E-state index in [9.17, 15) is 0 Å². The quantitative estimate of drug-likeness (QED) is 0.608. The van der Waals surface area contributed by atoms with Gasteiger partial charge in [-0.15, -0.1) is 17.0 Å². The minimum absolute atomic E-state index is 0. The van der Waals surface area contributed by atoms with Crippen LogP contribution in [0.3, 0.4) is 0 Å². The zero-order valence-electron chi connectivity index (χ0n) is 4.74. The summed E-state index contributed by atoms with van der Waals surface area (Å²) in [6.07, 6.45) is 8.64. The molecule has 50 valence electrons. The van der Waals surface area contributed by atoms with E-state index in [1.54, 1.807) is 24.4 Å². The minimum atomic E-state index is 0. The molecule has 2 nitrogen and oxygen atoms in total. The maximum atomic E-state index is 8.74. The number of aliphatic hydroxyl groups excluding tert-OH is 1. The Balaban J connectivity index is 0.000000640. The molecule has 0 aliphatic carbocycles. The fourth-order valence-corrected chi connectivity index (χ4v) is 0.448. The third kappa shape index (κ3) is 2.98. The van der Waals surface area contributed by atoms with Gasteiger partial charge in [-0.25, -0.2) is 0 Å². The van der Waals surface area contributed by atoms with Crippen molar-refractivity contribution in [3.8, 4) is 0 Å². The van der Waals surface area contributed by atoms with Gasteiger partial charge in [0.05, 0.1) is 0 Å². The van der Waals surface area contributed by atoms with E-state index in [-0.39, 0.29) is 22.9 Å². The molecule has 0 aromatic rings. The molecule has 0 saturated heterocycles. The lowest BCUT2D eigenvalue weighted by atomic mass is 10.5. The van der Waals surface area contributed by atoms with Gasteiger partial charge in [0.2, 0.25) is 0 Å². The van der Waals surface area contributed by atoms with Crippen LogP contribution in [0.5, 0.6) is 0 Å². The first-order valence-corrected chi connectivity index (χ1v) is 2.38. The molecular formula is C6H8BrNO. The highest BCUT2D eigenvalue weighted by Gasteiger charge is 1.83. The molecule has 0 saturated carbocycles. The molecular weight excluding hydrogens is 182 g/mol. The fraction of sp³-hybridized carbons (Fsp3) is 0. The number of aliphatic hydroxyl groups is 1. The highest BCUT2D eigenvalue weighted by molar-refractivity contribution is 8.93. The second-order valence-electron chi connectivity index (χ2n) is 1.44. The predicted octanol–water partition coefficient (Wildman–Crippen LogP) is 1.64. The van der Waals surface area contributed by atoms with Crippen LogP contribution in [0.4, 0.5) is 0 Å². The Morgan fingerprint density at radius 3 is 2.78 bits per heavy atom. The lowest BCUT2D eigenvalue weighted by molar-refractivity contribution is 0.383. The molecule has 0 atom stereocenters. The predicted molar refractivity (Wildman–Crippen MR) is 42.4 cm³/mol. The van der Waals surface area contributed by atoms with Crippen molar-refractivity contribution in [1.82, 2.24) is 5.32 Å². The van der Waals surface area contributed by atoms with E-state index in [0.29, 0.717) is 0 Å². The van der Waals surface area contributed by atoms with Crippen molar-refractivity contribution in [2.24, 2.45) is 0 Å². The molecule has 0 spiro atoms. The number of nitrogens with one attached hydrogen (secondary N) is 1. The molecule has 0 aromatic carbocycles. The summed E-state index contributed by atoms with van der Waals surface area (Å²) in [6.45, 7) is 0. The van der Waals surface area contributed by atoms with Gasteiger partial charge in [0.1, 0.15) is 0 Å². The summed E-state index contributed by atoms with van der Waals surface area (Å²) in [5.41, 5.74) is 0. The van der Waals surface area contributed by atoms with Crippen molar-refractivity contribution in [1.29, 1.82) is 0 Å². The van der Waals surface area contributed by atoms with E-state index in [2.05, 4.69) is 5.32 Å². The highest BCUT2D eigenvalue weighted by Crippen LogP contribution is 1.88. The van der Waals surface area contributed by atoms with Crippen molar-refractivity contribution in [3.63, 3.8) is 0 Å². The number of hydrogen-bond acceptors (Lipinski definition) is 2. The minimum Gasteiger partial charge on any atom is -0.495 e. The number of allylic oxidation sites excluding steroid dienone is 4. The third-order valence-corrected chi connectivity index (χ3v) is 0.804. The summed E-state index contributed by atoms with van der Waals surface area (Å²) in [6, 6.07) is 0. The van der Waals surface area contributed by atoms with Crippen LogP contribution in [0.25, 0.3) is 0 Å². The summed E-state index contributed by atoms with van der Waals surface area (Å²) in [4.78, 5) is 0. The first-order chi connectivity index (χ1) is 3.89. The van der Waals surface area contributed by atoms with Gasteiger partial charge in [0.25, 0.3) is 0 Å². The Hall–Kier alpha value is -0.700. The third-order valence-electron chi connectivity index (χ3n) is 0.804. The SMILES string of the molecule is Br.OC1=CC=CC=CN1. The van der Waals surface area contributed by atoms with Gasteiger partial charge in [-0.1, -0.05) is 12.2 Å². The maximum absolute atomic E-state index is 8.74. The molecule has 3 heteroatoms. The van der Waals surface area contributed by atoms with E-state index >= 15 is 0 Å². The average Bonchev–Trinajstić information content (AvgIpc) is 1.94. The fourth-order valence-electron chi connectivity index (χ4n) is 0.448. The summed E-state index contributed by atoms with van der Waals surface area (Å²) in [7, 11) is 0. The normalized spacial score (nSPS) is 14.9. The van der Waals surface area contributed by atoms with Crippen LogP contribution in [-0.2, 0) is 0 Å². The standard InChI is InChI=1S/C6H7NO.BrH/c8-6-4-2-1-3-5-7-6;/h1-5,7-8H;1H. The lowest BCUT2D eigenvalue weighted by Crippen LogP contribution is -2.01. The summed E-state index contributed by atoms with van der Waals surface area (Å²) in [5, 5.41) is 11.4. The van der Waals surface area contributed by atoms with E-state index in [4.69, 9.17) is 5.11 Å². The first kappa shape index (κ1) is 8.30. The molecule has 0 fully saturated rings. The van der Waals surface area contributed by atoms with E-state index in [1.807, 2.05) is 6.08 Å². The second-order valence-corrected chi connectivity index (χ2v) is 1.44. The van der Waals surface area contributed by atoms with Crippen LogP contribution in [0.15, 0.2) is 36.4 Å². The Morgan fingerprint density at radius 2 is 2.00 bits per heavy atom. The maximum Gasteiger partial charge on any atom is 0.188 e. The van der Waals surface area contributed by atoms with E-state index < -0.39 is 0 Å². The molecule has 0 aromatic heterocycles. The molecule has 1 rings (SSSR count). The number of halogens is 1. The van der Waals surface area contributed by atoms with Crippen LogP contribution >= 0.6 is 17.0 Å². The second kappa shape index (κ2) is 4.21. The molecule has 2 N–H and O–H groups in total. The van der Waals surface area contributed by atoms with Crippen molar-refractivity contribution in [2.45, 2.75) is 0 Å². The van der Waals surface area contributed by atoms with E-state index in [0.717, 1.165) is 0 Å². The van der Waals surface area contributed by atoms with Gasteiger partial charge in [-0.2, -0.15) is 0 Å². The molecule has 9 heavy (non-hydrogen) atoms. The Labute approximate surface area is 64.3 Å². The topological polar surface area (TPSA) is 32.3 Å². The van der Waals surface area contributed by atoms with Gasteiger partial charge in [0, 0.05) is 6.20 Å². The molecule has 1 heterocycles. The average molecular weight is 190 g/mol. The van der Waals surface area contributed by atoms with Crippen LogP contribution in [0.2, 0.25) is 0 Å². The molecule has 1 aliphatic heterocycles. The largest absolute Gasteiger partial charge is 0.495 e. The zero-order chi connectivity index (χ0) is 5.82. The monoisotopic (exact) mass is 189 g/mol. The van der Waals surface area contributed by atoms with Crippen LogP contribution < -0.4 is 5.32 Å². The van der Waals surface area contributed by atoms with Gasteiger partial charge in [-0.05, 0) is 12.2 Å². The molecule has 0 radical (unpaired) electrons. The summed E-state index contributed by atoms with van der Waals surface area (Å²) < 4.78 is 0. The molecule has 0 unspecified atom stereocenters. The van der Waals surface area contributed by atoms with Gasteiger partial charge < -0.3 is 10.4 Å². The van der Waals surface area contributed by atoms with Crippen molar-refractivity contribution >= 4 is 17.0 Å². The Bertz CT molecular complexity index is 160. The summed E-state index contributed by atoms with van der Waals surface area (Å²) >= 11 is 0. The smallest absolute Gasteiger partial charge is 0.188 e. The Kier molecular flexibility index (Phi) is 3.88. The number of rotatable bonds is 0. The van der Waals surface area contributed by atoms with Crippen molar-refractivity contribution in [2.75, 3.05) is 0 Å². The molecule has 0 bridgehead atoms. The van der Waals surface area contributed by atoms with Crippen LogP contribution in [0.1, 0.15) is 0 Å². The van der Waals surface area contributed by atoms with Crippen LogP contribution in [-0.4, -0.2) is 5.11 Å². The highest BCUT2D eigenvalue weighted by atomic mass is 79.9. The summed E-state index contributed by atoms with van der Waals surface area (Å²) in [5.74, 6) is 0.176. The zero-order valence-corrected chi connectivity index (χ0v) is 6.46. The molecule has 1 aliphatic rings. The molecule has 0 amide bonds. The lowest BCUT2D eigenvalue weighted by Gasteiger charge is -1.91. The van der Waals surface area contributed by atoms with Gasteiger partial charge in [0.15, 0.2) is 5.88 Å². The van der Waals surface area contributed by atoms with Crippen molar-refractivity contribution < 1.29 is 5.11 Å². The first-order valence-electron chi connectivity index (χ1n) is 2.38. The van der Waals surface area contributed by atoms with Crippen molar-refractivity contribution in [3.05, 3.63) is 36.4 Å². The number of hydrogen-bond donors (Lipinski definition) is 2. The Morgan fingerprint density at radius 1 is 1.22 bits per heavy atom. The van der Waals surface area contributed by atoms with E-state index in [1.165, 1.54) is 0 Å². The van der Waals surface area contributed by atoms with Crippen LogP contribution in [0, 0.1) is 0 Å². The van der Waals surface area contributed by atoms with Gasteiger partial charge >= 0.3 is 0 Å². The van der Waals surface area contributed by atoms with Gasteiger partial charge in [-0.3, -0.25) is 0 Å².